The van der Waals surface area contributed by atoms with E-state index in [-0.39, 0.29) is 12.1 Å². The van der Waals surface area contributed by atoms with E-state index in [1.54, 1.807) is 0 Å². The van der Waals surface area contributed by atoms with Crippen molar-refractivity contribution < 1.29 is 5.11 Å². The summed E-state index contributed by atoms with van der Waals surface area (Å²) in [5.74, 6) is 3.35. The van der Waals surface area contributed by atoms with Crippen molar-refractivity contribution in [2.45, 2.75) is 57.5 Å². The number of nitrogens with one attached hydrogen (secondary N) is 1. The van der Waals surface area contributed by atoms with Crippen molar-refractivity contribution in [1.29, 1.82) is 0 Å². The quantitative estimate of drug-likeness (QED) is 0.779. The molecule has 0 bridgehead atoms. The third kappa shape index (κ3) is 3.54. The number of aliphatic hydroxyl groups is 1. The third-order valence-electron chi connectivity index (χ3n) is 5.39. The van der Waals surface area contributed by atoms with Gasteiger partial charge in [-0.3, -0.25) is 0 Å². The molecule has 1 aliphatic carbocycles. The van der Waals surface area contributed by atoms with E-state index < -0.39 is 0 Å². The van der Waals surface area contributed by atoms with Gasteiger partial charge in [0.25, 0.3) is 0 Å². The predicted octanol–water partition coefficient (Wildman–Crippen LogP) is 3.49. The molecular weight excluding hydrogens is 324 g/mol. The number of benzene rings is 1. The SMILES string of the molecule is CC1(C)Cc2ccccc2CN1c1cc(NCCCO)nc(C2CC2)n1. The summed E-state index contributed by atoms with van der Waals surface area (Å²) in [5, 5.41) is 12.4. The molecule has 1 aromatic carbocycles. The molecule has 5 heteroatoms. The lowest BCUT2D eigenvalue weighted by Gasteiger charge is -2.44. The van der Waals surface area contributed by atoms with Crippen LogP contribution in [0.5, 0.6) is 0 Å². The van der Waals surface area contributed by atoms with Crippen LogP contribution in [0.4, 0.5) is 11.6 Å². The van der Waals surface area contributed by atoms with Gasteiger partial charge in [-0.1, -0.05) is 24.3 Å². The van der Waals surface area contributed by atoms with E-state index in [9.17, 15) is 0 Å². The second-order valence-electron chi connectivity index (χ2n) is 8.09. The molecule has 0 saturated heterocycles. The fraction of sp³-hybridized carbons (Fsp3) is 0.524. The Bertz CT molecular complexity index is 785. The van der Waals surface area contributed by atoms with Gasteiger partial charge in [0.15, 0.2) is 0 Å². The summed E-state index contributed by atoms with van der Waals surface area (Å²) in [6.45, 7) is 6.38. The lowest BCUT2D eigenvalue weighted by molar-refractivity contribution is 0.292. The molecule has 2 N–H and O–H groups in total. The van der Waals surface area contributed by atoms with Crippen LogP contribution in [0.2, 0.25) is 0 Å². The first-order valence-corrected chi connectivity index (χ1v) is 9.65. The van der Waals surface area contributed by atoms with Crippen LogP contribution >= 0.6 is 0 Å². The van der Waals surface area contributed by atoms with E-state index in [0.717, 1.165) is 43.4 Å². The van der Waals surface area contributed by atoms with E-state index in [1.165, 1.54) is 24.0 Å². The summed E-state index contributed by atoms with van der Waals surface area (Å²) in [5.41, 5.74) is 2.83. The summed E-state index contributed by atoms with van der Waals surface area (Å²) in [7, 11) is 0. The van der Waals surface area contributed by atoms with E-state index in [0.29, 0.717) is 5.92 Å². The molecule has 0 unspecified atom stereocenters. The number of aliphatic hydroxyl groups excluding tert-OH is 1. The van der Waals surface area contributed by atoms with E-state index in [2.05, 4.69) is 54.4 Å². The van der Waals surface area contributed by atoms with Crippen LogP contribution in [0.3, 0.4) is 0 Å². The summed E-state index contributed by atoms with van der Waals surface area (Å²) >= 11 is 0. The number of aromatic nitrogens is 2. The first kappa shape index (κ1) is 17.3. The molecule has 5 nitrogen and oxygen atoms in total. The average molecular weight is 352 g/mol. The smallest absolute Gasteiger partial charge is 0.136 e. The molecular formula is C21H28N4O. The maximum atomic E-state index is 9.04. The Labute approximate surface area is 155 Å². The van der Waals surface area contributed by atoms with Crippen molar-refractivity contribution in [3.8, 4) is 0 Å². The topological polar surface area (TPSA) is 61.3 Å². The summed E-state index contributed by atoms with van der Waals surface area (Å²) in [4.78, 5) is 12.1. The second kappa shape index (κ2) is 6.88. The normalized spacial score (nSPS) is 18.5. The van der Waals surface area contributed by atoms with Crippen LogP contribution in [-0.4, -0.2) is 33.8 Å². The van der Waals surface area contributed by atoms with Crippen LogP contribution in [0.25, 0.3) is 0 Å². The van der Waals surface area contributed by atoms with E-state index in [1.807, 2.05) is 0 Å². The Balaban J connectivity index is 1.67. The first-order valence-electron chi connectivity index (χ1n) is 9.65. The maximum absolute atomic E-state index is 9.04. The average Bonchev–Trinajstić information content (AvgIpc) is 3.45. The Morgan fingerprint density at radius 3 is 2.69 bits per heavy atom. The molecule has 26 heavy (non-hydrogen) atoms. The molecule has 138 valence electrons. The molecule has 0 spiro atoms. The maximum Gasteiger partial charge on any atom is 0.136 e. The van der Waals surface area contributed by atoms with Crippen molar-refractivity contribution in [3.05, 3.63) is 47.3 Å². The van der Waals surface area contributed by atoms with Gasteiger partial charge in [0.2, 0.25) is 0 Å². The Morgan fingerprint density at radius 1 is 1.19 bits per heavy atom. The largest absolute Gasteiger partial charge is 0.396 e. The molecule has 2 aliphatic rings. The zero-order valence-electron chi connectivity index (χ0n) is 15.7. The lowest BCUT2D eigenvalue weighted by Crippen LogP contribution is -2.49. The lowest BCUT2D eigenvalue weighted by atomic mass is 9.85. The van der Waals surface area contributed by atoms with Crippen molar-refractivity contribution in [2.24, 2.45) is 0 Å². The van der Waals surface area contributed by atoms with Gasteiger partial charge in [0, 0.05) is 37.2 Å². The molecule has 0 radical (unpaired) electrons. The van der Waals surface area contributed by atoms with Crippen molar-refractivity contribution in [2.75, 3.05) is 23.4 Å². The number of anilines is 2. The minimum absolute atomic E-state index is 0.00585. The Hall–Kier alpha value is -2.14. The standard InChI is InChI=1S/C21H28N4O/c1-21(2)13-16-6-3-4-7-17(16)14-25(21)19-12-18(22-10-5-11-26)23-20(24-19)15-8-9-15/h3-4,6-7,12,15,26H,5,8-11,13-14H2,1-2H3,(H,22,23,24). The molecule has 2 aromatic rings. The van der Waals surface area contributed by atoms with Crippen molar-refractivity contribution in [1.82, 2.24) is 9.97 Å². The minimum Gasteiger partial charge on any atom is -0.396 e. The van der Waals surface area contributed by atoms with Crippen molar-refractivity contribution >= 4 is 11.6 Å². The van der Waals surface area contributed by atoms with Gasteiger partial charge in [-0.05, 0) is 50.7 Å². The zero-order chi connectivity index (χ0) is 18.1. The van der Waals surface area contributed by atoms with Gasteiger partial charge in [-0.15, -0.1) is 0 Å². The summed E-state index contributed by atoms with van der Waals surface area (Å²) in [6, 6.07) is 10.8. The number of fused-ring (bicyclic) bond motifs is 1. The number of rotatable bonds is 6. The number of hydrogen-bond acceptors (Lipinski definition) is 5. The molecule has 0 amide bonds. The Kier molecular flexibility index (Phi) is 4.57. The van der Waals surface area contributed by atoms with Crippen LogP contribution in [0.15, 0.2) is 30.3 Å². The molecule has 1 saturated carbocycles. The summed E-state index contributed by atoms with van der Waals surface area (Å²) in [6.07, 6.45) is 4.11. The highest BCUT2D eigenvalue weighted by molar-refractivity contribution is 5.54. The van der Waals surface area contributed by atoms with Crippen LogP contribution in [0, 0.1) is 0 Å². The molecule has 1 aromatic heterocycles. The highest BCUT2D eigenvalue weighted by atomic mass is 16.3. The highest BCUT2D eigenvalue weighted by Crippen LogP contribution is 2.40. The monoisotopic (exact) mass is 352 g/mol. The van der Waals surface area contributed by atoms with Crippen LogP contribution in [-0.2, 0) is 13.0 Å². The summed E-state index contributed by atoms with van der Waals surface area (Å²) < 4.78 is 0. The fourth-order valence-corrected chi connectivity index (χ4v) is 3.72. The van der Waals surface area contributed by atoms with E-state index >= 15 is 0 Å². The number of nitrogens with zero attached hydrogens (tertiary/aromatic N) is 3. The Morgan fingerprint density at radius 2 is 1.96 bits per heavy atom. The number of hydrogen-bond donors (Lipinski definition) is 2. The fourth-order valence-electron chi connectivity index (χ4n) is 3.72. The van der Waals surface area contributed by atoms with Crippen LogP contribution < -0.4 is 10.2 Å². The molecule has 1 fully saturated rings. The van der Waals surface area contributed by atoms with Crippen molar-refractivity contribution in [3.63, 3.8) is 0 Å². The van der Waals surface area contributed by atoms with E-state index in [4.69, 9.17) is 15.1 Å². The van der Waals surface area contributed by atoms with Gasteiger partial charge < -0.3 is 15.3 Å². The van der Waals surface area contributed by atoms with Crippen LogP contribution in [0.1, 0.15) is 56.0 Å². The highest BCUT2D eigenvalue weighted by Gasteiger charge is 2.35. The minimum atomic E-state index is 0.00585. The molecule has 0 atom stereocenters. The first-order chi connectivity index (χ1) is 12.6. The molecule has 2 heterocycles. The second-order valence-corrected chi connectivity index (χ2v) is 8.09. The van der Waals surface area contributed by atoms with Gasteiger partial charge in [-0.25, -0.2) is 9.97 Å². The zero-order valence-corrected chi connectivity index (χ0v) is 15.7. The van der Waals surface area contributed by atoms with Gasteiger partial charge in [-0.2, -0.15) is 0 Å². The third-order valence-corrected chi connectivity index (χ3v) is 5.39. The molecule has 1 aliphatic heterocycles. The van der Waals surface area contributed by atoms with Gasteiger partial charge in [0.1, 0.15) is 17.5 Å². The van der Waals surface area contributed by atoms with Gasteiger partial charge >= 0.3 is 0 Å². The van der Waals surface area contributed by atoms with Gasteiger partial charge in [0.05, 0.1) is 0 Å². The molecule has 4 rings (SSSR count). The predicted molar refractivity (Wildman–Crippen MR) is 105 cm³/mol.